The van der Waals surface area contributed by atoms with Crippen LogP contribution in [0.1, 0.15) is 15.9 Å². The second-order valence-electron chi connectivity index (χ2n) is 4.62. The number of para-hydroxylation sites is 1. The van der Waals surface area contributed by atoms with E-state index >= 15 is 0 Å². The molecule has 0 saturated carbocycles. The molecule has 0 spiro atoms. The Morgan fingerprint density at radius 1 is 1.14 bits per heavy atom. The molecule has 0 fully saturated rings. The summed E-state index contributed by atoms with van der Waals surface area (Å²) in [6.07, 6.45) is 3.43. The van der Waals surface area contributed by atoms with Crippen molar-refractivity contribution in [2.45, 2.75) is 0 Å². The molecule has 0 unspecified atom stereocenters. The van der Waals surface area contributed by atoms with E-state index in [4.69, 9.17) is 4.74 Å². The van der Waals surface area contributed by atoms with E-state index < -0.39 is 0 Å². The van der Waals surface area contributed by atoms with Crippen molar-refractivity contribution in [1.29, 1.82) is 0 Å². The lowest BCUT2D eigenvalue weighted by molar-refractivity contribution is 0.104. The van der Waals surface area contributed by atoms with Crippen LogP contribution in [0.15, 0.2) is 60.0 Å². The molecule has 0 aliphatic heterocycles. The molecule has 1 heterocycles. The number of hydrogen-bond donors (Lipinski definition) is 0. The molecule has 3 aromatic rings. The van der Waals surface area contributed by atoms with Gasteiger partial charge in [0, 0.05) is 4.70 Å². The fraction of sp³-hybridized carbons (Fsp3) is 0.0556. The molecule has 3 heteroatoms. The third-order valence-electron chi connectivity index (χ3n) is 3.28. The number of rotatable bonds is 4. The summed E-state index contributed by atoms with van der Waals surface area (Å²) in [4.78, 5) is 12.2. The van der Waals surface area contributed by atoms with Gasteiger partial charge in [0.05, 0.1) is 12.7 Å². The standard InChI is InChI=1S/C18H14O2S/c1-20-17-5-3-2-4-15(17)16(19)8-6-13-7-9-18-14(12-13)10-11-21-18/h2-12H,1H3/b8-6+. The van der Waals surface area contributed by atoms with Crippen molar-refractivity contribution in [3.8, 4) is 5.75 Å². The second kappa shape index (κ2) is 5.94. The highest BCUT2D eigenvalue weighted by molar-refractivity contribution is 7.17. The van der Waals surface area contributed by atoms with Gasteiger partial charge in [-0.25, -0.2) is 0 Å². The predicted molar refractivity (Wildman–Crippen MR) is 88.2 cm³/mol. The first-order chi connectivity index (χ1) is 10.3. The van der Waals surface area contributed by atoms with Crippen LogP contribution in [0.25, 0.3) is 16.2 Å². The average Bonchev–Trinajstić information content (AvgIpc) is 3.00. The number of thiophene rings is 1. The number of carbonyl (C=O) groups is 1. The summed E-state index contributed by atoms with van der Waals surface area (Å²) in [6.45, 7) is 0. The largest absolute Gasteiger partial charge is 0.496 e. The Morgan fingerprint density at radius 3 is 2.86 bits per heavy atom. The highest BCUT2D eigenvalue weighted by Crippen LogP contribution is 2.23. The van der Waals surface area contributed by atoms with Gasteiger partial charge in [0.15, 0.2) is 5.78 Å². The van der Waals surface area contributed by atoms with Crippen LogP contribution in [0.2, 0.25) is 0 Å². The summed E-state index contributed by atoms with van der Waals surface area (Å²) < 4.78 is 6.47. The molecule has 0 amide bonds. The molecule has 0 atom stereocenters. The topological polar surface area (TPSA) is 26.3 Å². The molecule has 0 aliphatic rings. The van der Waals surface area contributed by atoms with Gasteiger partial charge in [-0.3, -0.25) is 4.79 Å². The number of ether oxygens (including phenoxy) is 1. The van der Waals surface area contributed by atoms with Gasteiger partial charge >= 0.3 is 0 Å². The maximum Gasteiger partial charge on any atom is 0.189 e. The van der Waals surface area contributed by atoms with Crippen molar-refractivity contribution in [3.05, 3.63) is 71.1 Å². The monoisotopic (exact) mass is 294 g/mol. The zero-order valence-corrected chi connectivity index (χ0v) is 12.4. The van der Waals surface area contributed by atoms with Crippen molar-refractivity contribution >= 4 is 33.3 Å². The second-order valence-corrected chi connectivity index (χ2v) is 5.56. The molecule has 21 heavy (non-hydrogen) atoms. The maximum absolute atomic E-state index is 12.2. The smallest absolute Gasteiger partial charge is 0.189 e. The molecule has 2 aromatic carbocycles. The number of methoxy groups -OCH3 is 1. The zero-order chi connectivity index (χ0) is 14.7. The van der Waals surface area contributed by atoms with Crippen LogP contribution >= 0.6 is 11.3 Å². The van der Waals surface area contributed by atoms with Gasteiger partial charge in [0.25, 0.3) is 0 Å². The van der Waals surface area contributed by atoms with Gasteiger partial charge in [-0.1, -0.05) is 24.3 Å². The Kier molecular flexibility index (Phi) is 3.84. The normalized spacial score (nSPS) is 11.1. The first kappa shape index (κ1) is 13.6. The Bertz CT molecular complexity index is 815. The van der Waals surface area contributed by atoms with Gasteiger partial charge in [0.2, 0.25) is 0 Å². The third kappa shape index (κ3) is 2.88. The predicted octanol–water partition coefficient (Wildman–Crippen LogP) is 4.81. The Hall–Kier alpha value is -2.39. The van der Waals surface area contributed by atoms with Crippen molar-refractivity contribution in [2.75, 3.05) is 7.11 Å². The molecule has 104 valence electrons. The van der Waals surface area contributed by atoms with Gasteiger partial charge < -0.3 is 4.74 Å². The summed E-state index contributed by atoms with van der Waals surface area (Å²) in [7, 11) is 1.57. The number of benzene rings is 2. The van der Waals surface area contributed by atoms with Gasteiger partial charge in [-0.15, -0.1) is 11.3 Å². The van der Waals surface area contributed by atoms with E-state index in [1.165, 1.54) is 10.1 Å². The highest BCUT2D eigenvalue weighted by atomic mass is 32.1. The first-order valence-electron chi connectivity index (χ1n) is 6.60. The zero-order valence-electron chi connectivity index (χ0n) is 11.6. The first-order valence-corrected chi connectivity index (χ1v) is 7.48. The van der Waals surface area contributed by atoms with E-state index in [2.05, 4.69) is 23.6 Å². The van der Waals surface area contributed by atoms with Crippen LogP contribution in [0.4, 0.5) is 0 Å². The fourth-order valence-corrected chi connectivity index (χ4v) is 2.97. The lowest BCUT2D eigenvalue weighted by atomic mass is 10.1. The van der Waals surface area contributed by atoms with Crippen LogP contribution in [0, 0.1) is 0 Å². The number of carbonyl (C=O) groups excluding carboxylic acids is 1. The Morgan fingerprint density at radius 2 is 2.00 bits per heavy atom. The number of ketones is 1. The van der Waals surface area contributed by atoms with Gasteiger partial charge in [-0.05, 0) is 52.7 Å². The number of allylic oxidation sites excluding steroid dienone is 1. The van der Waals surface area contributed by atoms with Crippen molar-refractivity contribution in [2.24, 2.45) is 0 Å². The third-order valence-corrected chi connectivity index (χ3v) is 4.17. The highest BCUT2D eigenvalue weighted by Gasteiger charge is 2.07. The minimum atomic E-state index is -0.0575. The molecule has 3 rings (SSSR count). The Balaban J connectivity index is 1.86. The van der Waals surface area contributed by atoms with Crippen molar-refractivity contribution < 1.29 is 9.53 Å². The van der Waals surface area contributed by atoms with Crippen LogP contribution in [-0.4, -0.2) is 12.9 Å². The lowest BCUT2D eigenvalue weighted by Gasteiger charge is -2.04. The SMILES string of the molecule is COc1ccccc1C(=O)/C=C/c1ccc2sccc2c1. The van der Waals surface area contributed by atoms with Crippen molar-refractivity contribution in [3.63, 3.8) is 0 Å². The number of hydrogen-bond acceptors (Lipinski definition) is 3. The summed E-state index contributed by atoms with van der Waals surface area (Å²) in [5.41, 5.74) is 1.59. The molecular formula is C18H14O2S. The molecule has 0 radical (unpaired) electrons. The van der Waals surface area contributed by atoms with Crippen molar-refractivity contribution in [1.82, 2.24) is 0 Å². The molecule has 0 N–H and O–H groups in total. The fourth-order valence-electron chi connectivity index (χ4n) is 2.20. The van der Waals surface area contributed by atoms with E-state index in [0.717, 1.165) is 5.56 Å². The van der Waals surface area contributed by atoms with E-state index in [1.807, 2.05) is 24.3 Å². The van der Waals surface area contributed by atoms with Gasteiger partial charge in [-0.2, -0.15) is 0 Å². The average molecular weight is 294 g/mol. The Labute approximate surface area is 127 Å². The van der Waals surface area contributed by atoms with E-state index in [0.29, 0.717) is 11.3 Å². The lowest BCUT2D eigenvalue weighted by Crippen LogP contribution is -1.98. The molecule has 2 nitrogen and oxygen atoms in total. The number of fused-ring (bicyclic) bond motifs is 1. The molecule has 0 saturated heterocycles. The van der Waals surface area contributed by atoms with Crippen LogP contribution < -0.4 is 4.74 Å². The molecule has 0 bridgehead atoms. The quantitative estimate of drug-likeness (QED) is 0.510. The van der Waals surface area contributed by atoms with Crippen LogP contribution in [0.5, 0.6) is 5.75 Å². The van der Waals surface area contributed by atoms with Crippen LogP contribution in [0.3, 0.4) is 0 Å². The van der Waals surface area contributed by atoms with Crippen LogP contribution in [-0.2, 0) is 0 Å². The minimum absolute atomic E-state index is 0.0575. The maximum atomic E-state index is 12.2. The molecule has 0 aliphatic carbocycles. The summed E-state index contributed by atoms with van der Waals surface area (Å²) in [5.74, 6) is 0.540. The minimum Gasteiger partial charge on any atom is -0.496 e. The van der Waals surface area contributed by atoms with E-state index in [-0.39, 0.29) is 5.78 Å². The summed E-state index contributed by atoms with van der Waals surface area (Å²) >= 11 is 1.71. The molecular weight excluding hydrogens is 280 g/mol. The van der Waals surface area contributed by atoms with Gasteiger partial charge in [0.1, 0.15) is 5.75 Å². The molecule has 1 aromatic heterocycles. The summed E-state index contributed by atoms with van der Waals surface area (Å²) in [5, 5.41) is 3.27. The summed E-state index contributed by atoms with van der Waals surface area (Å²) in [6, 6.07) is 15.5. The van der Waals surface area contributed by atoms with E-state index in [9.17, 15) is 4.79 Å². The van der Waals surface area contributed by atoms with E-state index in [1.54, 1.807) is 36.7 Å².